The van der Waals surface area contributed by atoms with E-state index >= 15 is 0 Å². The molecule has 0 saturated carbocycles. The third-order valence-electron chi connectivity index (χ3n) is 1.24. The highest BCUT2D eigenvalue weighted by molar-refractivity contribution is 5.91. The zero-order valence-corrected chi connectivity index (χ0v) is 12.1. The Hall–Kier alpha value is -1.35. The third kappa shape index (κ3) is 14.7. The summed E-state index contributed by atoms with van der Waals surface area (Å²) in [6.45, 7) is 12.0. The van der Waals surface area contributed by atoms with E-state index in [0.29, 0.717) is 0 Å². The summed E-state index contributed by atoms with van der Waals surface area (Å²) in [6, 6.07) is 9.22. The Morgan fingerprint density at radius 1 is 1.00 bits per heavy atom. The smallest absolute Gasteiger partial charge is 0.238 e. The summed E-state index contributed by atoms with van der Waals surface area (Å²) < 4.78 is 0. The summed E-state index contributed by atoms with van der Waals surface area (Å²) in [4.78, 5) is 10.7. The molecule has 1 rings (SSSR count). The van der Waals surface area contributed by atoms with Crippen LogP contribution in [0.4, 0.5) is 5.69 Å². The van der Waals surface area contributed by atoms with Crippen LogP contribution in [0.25, 0.3) is 0 Å². The van der Waals surface area contributed by atoms with E-state index in [4.69, 9.17) is 5.73 Å². The van der Waals surface area contributed by atoms with Crippen molar-refractivity contribution in [3.8, 4) is 0 Å². The lowest BCUT2D eigenvalue weighted by atomic mass is 10.3. The number of nitrogens with one attached hydrogen (secondary N) is 1. The molecule has 1 aromatic carbocycles. The molecule has 3 heteroatoms. The summed E-state index contributed by atoms with van der Waals surface area (Å²) >= 11 is 0. The molecule has 0 spiro atoms. The molecule has 0 unspecified atom stereocenters. The van der Waals surface area contributed by atoms with Crippen LogP contribution in [0.5, 0.6) is 0 Å². The highest BCUT2D eigenvalue weighted by Crippen LogP contribution is 2.03. The van der Waals surface area contributed by atoms with Crippen LogP contribution in [0.2, 0.25) is 0 Å². The molecule has 0 bridgehead atoms. The number of para-hydroxylation sites is 1. The Morgan fingerprint density at radius 3 is 1.76 bits per heavy atom. The second-order valence-corrected chi connectivity index (χ2v) is 2.12. The Morgan fingerprint density at radius 2 is 1.41 bits per heavy atom. The van der Waals surface area contributed by atoms with Crippen molar-refractivity contribution in [1.29, 1.82) is 0 Å². The summed E-state index contributed by atoms with van der Waals surface area (Å²) in [6.07, 6.45) is 0. The lowest BCUT2D eigenvalue weighted by Crippen LogP contribution is -2.21. The van der Waals surface area contributed by atoms with E-state index in [1.54, 1.807) is 0 Å². The number of hydrogen-bond donors (Lipinski definition) is 2. The van der Waals surface area contributed by atoms with Gasteiger partial charge < -0.3 is 11.1 Å². The highest BCUT2D eigenvalue weighted by Gasteiger charge is 1.95. The SMILES string of the molecule is CC.CC.CC.NCC(=O)Nc1ccccc1. The molecule has 0 heterocycles. The molecule has 17 heavy (non-hydrogen) atoms. The predicted molar refractivity (Wildman–Crippen MR) is 78.2 cm³/mol. The van der Waals surface area contributed by atoms with Crippen LogP contribution >= 0.6 is 0 Å². The Kier molecular flexibility index (Phi) is 24.8. The summed E-state index contributed by atoms with van der Waals surface area (Å²) in [5, 5.41) is 2.63. The zero-order valence-electron chi connectivity index (χ0n) is 12.1. The van der Waals surface area contributed by atoms with Crippen LogP contribution in [0.3, 0.4) is 0 Å². The molecule has 0 saturated heterocycles. The number of rotatable bonds is 2. The van der Waals surface area contributed by atoms with Gasteiger partial charge in [0, 0.05) is 5.69 Å². The molecular weight excluding hydrogens is 212 g/mol. The fourth-order valence-corrected chi connectivity index (χ4v) is 0.734. The number of benzene rings is 1. The Labute approximate surface area is 106 Å². The average Bonchev–Trinajstić information content (AvgIpc) is 2.46. The standard InChI is InChI=1S/C8H10N2O.3C2H6/c9-6-8(11)10-7-4-2-1-3-5-7;3*1-2/h1-5H,6,9H2,(H,10,11);3*1-2H3. The molecule has 1 amide bonds. The molecular formula is C14H28N2O. The van der Waals surface area contributed by atoms with Crippen LogP contribution < -0.4 is 11.1 Å². The van der Waals surface area contributed by atoms with E-state index < -0.39 is 0 Å². The second kappa shape index (κ2) is 20.1. The van der Waals surface area contributed by atoms with Gasteiger partial charge in [-0.2, -0.15) is 0 Å². The van der Waals surface area contributed by atoms with Crippen LogP contribution in [-0.4, -0.2) is 12.5 Å². The van der Waals surface area contributed by atoms with Crippen LogP contribution in [-0.2, 0) is 4.79 Å². The van der Waals surface area contributed by atoms with E-state index in [0.717, 1.165) is 5.69 Å². The van der Waals surface area contributed by atoms with E-state index in [9.17, 15) is 4.79 Å². The molecule has 3 N–H and O–H groups in total. The van der Waals surface area contributed by atoms with Crippen LogP contribution in [0, 0.1) is 0 Å². The average molecular weight is 240 g/mol. The first kappa shape index (κ1) is 21.0. The molecule has 0 aromatic heterocycles. The minimum atomic E-state index is -0.170. The third-order valence-corrected chi connectivity index (χ3v) is 1.24. The number of carbonyl (C=O) groups excluding carboxylic acids is 1. The first-order chi connectivity index (χ1) is 8.33. The highest BCUT2D eigenvalue weighted by atomic mass is 16.1. The van der Waals surface area contributed by atoms with Gasteiger partial charge in [0.05, 0.1) is 6.54 Å². The molecule has 0 fully saturated rings. The zero-order chi connectivity index (χ0) is 14.1. The molecule has 0 aliphatic heterocycles. The fraction of sp³-hybridized carbons (Fsp3) is 0.500. The summed E-state index contributed by atoms with van der Waals surface area (Å²) in [5.41, 5.74) is 5.89. The van der Waals surface area contributed by atoms with E-state index in [1.807, 2.05) is 71.9 Å². The predicted octanol–water partition coefficient (Wildman–Crippen LogP) is 3.66. The number of anilines is 1. The number of amides is 1. The van der Waals surface area contributed by atoms with Gasteiger partial charge in [-0.15, -0.1) is 0 Å². The van der Waals surface area contributed by atoms with Gasteiger partial charge in [-0.1, -0.05) is 59.7 Å². The van der Waals surface area contributed by atoms with Gasteiger partial charge in [0.15, 0.2) is 0 Å². The van der Waals surface area contributed by atoms with Crippen LogP contribution in [0.15, 0.2) is 30.3 Å². The van der Waals surface area contributed by atoms with Gasteiger partial charge in [-0.25, -0.2) is 0 Å². The minimum absolute atomic E-state index is 0.0227. The fourth-order valence-electron chi connectivity index (χ4n) is 0.734. The molecule has 100 valence electrons. The van der Waals surface area contributed by atoms with E-state index in [-0.39, 0.29) is 12.5 Å². The quantitative estimate of drug-likeness (QED) is 0.828. The van der Waals surface area contributed by atoms with Gasteiger partial charge in [-0.3, -0.25) is 4.79 Å². The summed E-state index contributed by atoms with van der Waals surface area (Å²) in [5.74, 6) is -0.170. The second-order valence-electron chi connectivity index (χ2n) is 2.12. The molecule has 0 aliphatic rings. The Balaban J connectivity index is -0.000000285. The first-order valence-corrected chi connectivity index (χ1v) is 6.38. The lowest BCUT2D eigenvalue weighted by Gasteiger charge is -2.00. The number of nitrogens with two attached hydrogens (primary N) is 1. The first-order valence-electron chi connectivity index (χ1n) is 6.38. The van der Waals surface area contributed by atoms with E-state index in [1.165, 1.54) is 0 Å². The maximum atomic E-state index is 10.7. The number of carbonyl (C=O) groups is 1. The van der Waals surface area contributed by atoms with Crippen molar-refractivity contribution in [2.75, 3.05) is 11.9 Å². The van der Waals surface area contributed by atoms with Gasteiger partial charge >= 0.3 is 0 Å². The van der Waals surface area contributed by atoms with Crippen molar-refractivity contribution < 1.29 is 4.79 Å². The van der Waals surface area contributed by atoms with Crippen molar-refractivity contribution in [3.05, 3.63) is 30.3 Å². The van der Waals surface area contributed by atoms with Gasteiger partial charge in [0.25, 0.3) is 0 Å². The van der Waals surface area contributed by atoms with E-state index in [2.05, 4.69) is 5.32 Å². The van der Waals surface area contributed by atoms with Crippen molar-refractivity contribution in [2.24, 2.45) is 5.73 Å². The largest absolute Gasteiger partial charge is 0.325 e. The summed E-state index contributed by atoms with van der Waals surface area (Å²) in [7, 11) is 0. The van der Waals surface area contributed by atoms with Gasteiger partial charge in [0.1, 0.15) is 0 Å². The van der Waals surface area contributed by atoms with Crippen molar-refractivity contribution in [1.82, 2.24) is 0 Å². The molecule has 0 radical (unpaired) electrons. The molecule has 0 aliphatic carbocycles. The van der Waals surface area contributed by atoms with Crippen molar-refractivity contribution in [2.45, 2.75) is 41.5 Å². The van der Waals surface area contributed by atoms with Gasteiger partial charge in [0.2, 0.25) is 5.91 Å². The van der Waals surface area contributed by atoms with Crippen molar-refractivity contribution >= 4 is 11.6 Å². The molecule has 1 aromatic rings. The lowest BCUT2D eigenvalue weighted by molar-refractivity contribution is -0.114. The minimum Gasteiger partial charge on any atom is -0.325 e. The monoisotopic (exact) mass is 240 g/mol. The van der Waals surface area contributed by atoms with Gasteiger partial charge in [-0.05, 0) is 12.1 Å². The van der Waals surface area contributed by atoms with Crippen molar-refractivity contribution in [3.63, 3.8) is 0 Å². The Bertz CT molecular complexity index is 235. The molecule has 3 nitrogen and oxygen atoms in total. The maximum Gasteiger partial charge on any atom is 0.238 e. The normalized spacial score (nSPS) is 7.00. The topological polar surface area (TPSA) is 55.1 Å². The maximum absolute atomic E-state index is 10.7. The molecule has 0 atom stereocenters. The number of hydrogen-bond acceptors (Lipinski definition) is 2. The van der Waals surface area contributed by atoms with Crippen LogP contribution in [0.1, 0.15) is 41.5 Å².